The van der Waals surface area contributed by atoms with Gasteiger partial charge in [-0.25, -0.2) is 9.13 Å². The Bertz CT molecular complexity index is 269. The van der Waals surface area contributed by atoms with Gasteiger partial charge in [-0.15, -0.1) is 0 Å². The third-order valence-electron chi connectivity index (χ3n) is 2.90. The average Bonchev–Trinajstić information content (AvgIpc) is 2.17. The third kappa shape index (κ3) is 11.3. The Morgan fingerprint density at radius 2 is 1.00 bits per heavy atom. The molecule has 8 nitrogen and oxygen atoms in total. The van der Waals surface area contributed by atoms with Crippen molar-refractivity contribution in [1.29, 1.82) is 0 Å². The summed E-state index contributed by atoms with van der Waals surface area (Å²) in [5.41, 5.74) is 0. The maximum atomic E-state index is 9.63. The number of hydrogen-bond donors (Lipinski definition) is 4. The Hall–Kier alpha value is 0.220. The van der Waals surface area contributed by atoms with Crippen LogP contribution >= 0.6 is 15.6 Å². The van der Waals surface area contributed by atoms with Crippen LogP contribution in [0, 0.1) is 0 Å². The van der Waals surface area contributed by atoms with Gasteiger partial charge in [0.15, 0.2) is 0 Å². The quantitative estimate of drug-likeness (QED) is 0.427. The van der Waals surface area contributed by atoms with E-state index >= 15 is 0 Å². The van der Waals surface area contributed by atoms with Crippen LogP contribution in [-0.4, -0.2) is 50.2 Å². The molecule has 0 heterocycles. The first-order valence-corrected chi connectivity index (χ1v) is 8.68. The zero-order chi connectivity index (χ0) is 15.0. The topological polar surface area (TPSA) is 124 Å². The van der Waals surface area contributed by atoms with Gasteiger partial charge < -0.3 is 24.1 Å². The van der Waals surface area contributed by atoms with Crippen LogP contribution in [0.4, 0.5) is 0 Å². The first-order chi connectivity index (χ1) is 7.95. The molecule has 112 valence electrons. The molecule has 0 aliphatic carbocycles. The van der Waals surface area contributed by atoms with Crippen LogP contribution in [0.3, 0.4) is 0 Å². The molecule has 0 saturated heterocycles. The summed E-state index contributed by atoms with van der Waals surface area (Å²) < 4.78 is 23.5. The minimum Gasteiger partial charge on any atom is -0.325 e. The lowest BCUT2D eigenvalue weighted by molar-refractivity contribution is -0.921. The molecule has 0 atom stereocenters. The lowest BCUT2D eigenvalue weighted by atomic mass is 10.3. The predicted molar refractivity (Wildman–Crippen MR) is 67.6 cm³/mol. The Morgan fingerprint density at radius 3 is 1.00 bits per heavy atom. The molecular weight excluding hydrogens is 284 g/mol. The first kappa shape index (κ1) is 20.5. The molecule has 18 heavy (non-hydrogen) atoms. The van der Waals surface area contributed by atoms with Gasteiger partial charge in [-0.05, 0) is 27.7 Å². The highest BCUT2D eigenvalue weighted by atomic mass is 31.3. The summed E-state index contributed by atoms with van der Waals surface area (Å²) in [6.45, 7) is 14.2. The van der Waals surface area contributed by atoms with E-state index in [0.717, 1.165) is 0 Å². The summed E-state index contributed by atoms with van der Waals surface area (Å²) in [5.74, 6) is 0. The molecule has 0 bridgehead atoms. The molecule has 0 unspecified atom stereocenters. The van der Waals surface area contributed by atoms with Gasteiger partial charge in [0.1, 0.15) is 0 Å². The average molecular weight is 308 g/mol. The van der Waals surface area contributed by atoms with E-state index in [-0.39, 0.29) is 0 Å². The number of nitrogens with zero attached hydrogens (tertiary/aromatic N) is 1. The van der Waals surface area contributed by atoms with Crippen molar-refractivity contribution in [2.24, 2.45) is 0 Å². The number of phosphoric acid groups is 2. The molecule has 0 aromatic heterocycles. The van der Waals surface area contributed by atoms with Crippen LogP contribution in [-0.2, 0) is 13.4 Å². The largest absolute Gasteiger partial charge is 0.478 e. The molecular formula is C8H24NO7P2+. The van der Waals surface area contributed by atoms with E-state index in [4.69, 9.17) is 19.6 Å². The highest BCUT2D eigenvalue weighted by molar-refractivity contribution is 7.60. The van der Waals surface area contributed by atoms with Gasteiger partial charge in [0, 0.05) is 0 Å². The van der Waals surface area contributed by atoms with E-state index in [1.807, 2.05) is 0 Å². The van der Waals surface area contributed by atoms with Crippen molar-refractivity contribution >= 4 is 15.6 Å². The number of hydrogen-bond acceptors (Lipinski definition) is 3. The van der Waals surface area contributed by atoms with Crippen molar-refractivity contribution in [3.8, 4) is 0 Å². The molecule has 10 heteroatoms. The molecule has 0 aromatic rings. The minimum absolute atomic E-state index is 1.28. The Kier molecular flexibility index (Phi) is 9.59. The van der Waals surface area contributed by atoms with Crippen LogP contribution in [0.25, 0.3) is 0 Å². The van der Waals surface area contributed by atoms with Crippen molar-refractivity contribution in [2.75, 3.05) is 26.2 Å². The Labute approximate surface area is 108 Å². The maximum absolute atomic E-state index is 9.63. The molecule has 0 aliphatic rings. The van der Waals surface area contributed by atoms with Crippen LogP contribution in [0.1, 0.15) is 27.7 Å². The van der Waals surface area contributed by atoms with Gasteiger partial charge >= 0.3 is 15.6 Å². The zero-order valence-corrected chi connectivity index (χ0v) is 13.0. The summed E-state index contributed by atoms with van der Waals surface area (Å²) >= 11 is 0. The van der Waals surface area contributed by atoms with Crippen LogP contribution in [0.5, 0.6) is 0 Å². The van der Waals surface area contributed by atoms with Crippen LogP contribution < -0.4 is 0 Å². The molecule has 0 rings (SSSR count). The maximum Gasteiger partial charge on any atom is 0.478 e. The van der Waals surface area contributed by atoms with Crippen LogP contribution in [0.15, 0.2) is 0 Å². The number of rotatable bonds is 6. The van der Waals surface area contributed by atoms with Gasteiger partial charge in [0.2, 0.25) is 0 Å². The summed E-state index contributed by atoms with van der Waals surface area (Å²) in [4.78, 5) is 31.0. The van der Waals surface area contributed by atoms with Gasteiger partial charge in [-0.3, -0.25) is 0 Å². The molecule has 0 aromatic carbocycles. The molecule has 4 N–H and O–H groups in total. The minimum atomic E-state index is -5.05. The summed E-state index contributed by atoms with van der Waals surface area (Å²) in [5, 5.41) is 0. The summed E-state index contributed by atoms with van der Waals surface area (Å²) in [6, 6.07) is 0. The predicted octanol–water partition coefficient (Wildman–Crippen LogP) is 1.07. The van der Waals surface area contributed by atoms with E-state index in [1.54, 1.807) is 0 Å². The first-order valence-electron chi connectivity index (χ1n) is 5.62. The molecule has 0 radical (unpaired) electrons. The normalized spacial score (nSPS) is 12.9. The van der Waals surface area contributed by atoms with E-state index in [0.29, 0.717) is 0 Å². The molecule has 0 spiro atoms. The smallest absolute Gasteiger partial charge is 0.325 e. The van der Waals surface area contributed by atoms with E-state index in [2.05, 4.69) is 32.0 Å². The monoisotopic (exact) mass is 308 g/mol. The van der Waals surface area contributed by atoms with Gasteiger partial charge in [-0.2, -0.15) is 4.31 Å². The Morgan fingerprint density at radius 1 is 0.778 bits per heavy atom. The standard InChI is InChI=1S/C8H20N.H4O7P2/c1-5-9(6-2,7-3)8-4;1-8(2,3)7-9(4,5)6/h5-8H2,1-4H3;(H2,1,2,3)(H2,4,5,6)/q+1;. The molecule has 0 aliphatic heterocycles. The second kappa shape index (κ2) is 8.40. The SMILES string of the molecule is CC[N+](CC)(CC)CC.O=P(O)(O)OP(=O)(O)O. The van der Waals surface area contributed by atoms with Crippen LogP contribution in [0.2, 0.25) is 0 Å². The van der Waals surface area contributed by atoms with Crippen molar-refractivity contribution in [3.63, 3.8) is 0 Å². The summed E-state index contributed by atoms with van der Waals surface area (Å²) in [6.07, 6.45) is 0. The van der Waals surface area contributed by atoms with Crippen molar-refractivity contribution in [1.82, 2.24) is 0 Å². The highest BCUT2D eigenvalue weighted by Gasteiger charge is 2.27. The van der Waals surface area contributed by atoms with Gasteiger partial charge in [-0.1, -0.05) is 0 Å². The van der Waals surface area contributed by atoms with Crippen molar-refractivity contribution in [3.05, 3.63) is 0 Å². The fraction of sp³-hybridized carbons (Fsp3) is 1.00. The third-order valence-corrected chi connectivity index (χ3v) is 4.60. The lowest BCUT2D eigenvalue weighted by Crippen LogP contribution is -2.47. The summed E-state index contributed by atoms with van der Waals surface area (Å²) in [7, 11) is -10.1. The van der Waals surface area contributed by atoms with Crippen molar-refractivity contribution in [2.45, 2.75) is 27.7 Å². The molecule has 0 fully saturated rings. The lowest BCUT2D eigenvalue weighted by Gasteiger charge is -2.34. The molecule has 0 amide bonds. The van der Waals surface area contributed by atoms with E-state index < -0.39 is 15.6 Å². The number of quaternary nitrogens is 1. The fourth-order valence-electron chi connectivity index (χ4n) is 1.48. The van der Waals surface area contributed by atoms with Crippen molar-refractivity contribution < 1.29 is 37.5 Å². The second-order valence-electron chi connectivity index (χ2n) is 3.67. The second-order valence-corrected chi connectivity index (χ2v) is 6.28. The highest BCUT2D eigenvalue weighted by Crippen LogP contribution is 2.53. The zero-order valence-electron chi connectivity index (χ0n) is 11.2. The Balaban J connectivity index is 0. The van der Waals surface area contributed by atoms with Gasteiger partial charge in [0.05, 0.1) is 26.2 Å². The van der Waals surface area contributed by atoms with E-state index in [9.17, 15) is 9.13 Å². The molecule has 0 saturated carbocycles. The van der Waals surface area contributed by atoms with Gasteiger partial charge in [0.25, 0.3) is 0 Å². The fourth-order valence-corrected chi connectivity index (χ4v) is 2.59. The van der Waals surface area contributed by atoms with E-state index in [1.165, 1.54) is 30.7 Å².